The standard InChI is InChI=1S/C30H22ClF4N9O3/c1-16-9-18(13-36)10-22(29(46)38-14-17-4-6-20(7-5-17)47-30(34)35)21(16)12-25(45)24-11-19(15-43-41-27(26(32)33)39-42-43)40-44(24)28-23(31)3-2-8-37-28/h2-11,26,30H,12,14-15H2,1H3,(H,38,46). The van der Waals surface area contributed by atoms with E-state index in [1.54, 1.807) is 19.1 Å². The lowest BCUT2D eigenvalue weighted by molar-refractivity contribution is -0.0498. The molecule has 0 saturated heterocycles. The lowest BCUT2D eigenvalue weighted by Crippen LogP contribution is -2.25. The number of ether oxygens (including phenoxy) is 1. The van der Waals surface area contributed by atoms with E-state index >= 15 is 0 Å². The number of amides is 1. The van der Waals surface area contributed by atoms with Crippen molar-refractivity contribution >= 4 is 23.3 Å². The number of hydrogen-bond donors (Lipinski definition) is 1. The van der Waals surface area contributed by atoms with Crippen LogP contribution < -0.4 is 10.1 Å². The molecule has 3 aromatic heterocycles. The Labute approximate surface area is 268 Å². The maximum Gasteiger partial charge on any atom is 0.387 e. The van der Waals surface area contributed by atoms with Gasteiger partial charge in [0.05, 0.1) is 22.3 Å². The van der Waals surface area contributed by atoms with Crippen LogP contribution in [0.5, 0.6) is 5.75 Å². The maximum absolute atomic E-state index is 13.9. The van der Waals surface area contributed by atoms with Gasteiger partial charge in [0, 0.05) is 24.7 Å². The summed E-state index contributed by atoms with van der Waals surface area (Å²) in [7, 11) is 0. The number of benzene rings is 2. The van der Waals surface area contributed by atoms with E-state index in [-0.39, 0.29) is 58.6 Å². The van der Waals surface area contributed by atoms with Crippen molar-refractivity contribution in [3.63, 3.8) is 0 Å². The van der Waals surface area contributed by atoms with Crippen LogP contribution in [0.1, 0.15) is 61.0 Å². The number of Topliss-reactive ketones (excluding diaryl/α,β-unsaturated/α-hetero) is 1. The first-order valence-electron chi connectivity index (χ1n) is 13.7. The first kappa shape index (κ1) is 32.7. The molecule has 5 rings (SSSR count). The zero-order valence-electron chi connectivity index (χ0n) is 24.2. The summed E-state index contributed by atoms with van der Waals surface area (Å²) in [4.78, 5) is 32.4. The SMILES string of the molecule is Cc1cc(C#N)cc(C(=O)NCc2ccc(OC(F)F)cc2)c1CC(=O)c1cc(Cn2nnc(C(F)F)n2)nn1-c1ncccc1Cl. The van der Waals surface area contributed by atoms with Gasteiger partial charge in [-0.15, -0.1) is 10.2 Å². The van der Waals surface area contributed by atoms with Gasteiger partial charge in [-0.1, -0.05) is 23.7 Å². The molecular weight excluding hydrogens is 646 g/mol. The molecule has 0 aliphatic carbocycles. The average molecular weight is 668 g/mol. The van der Waals surface area contributed by atoms with Crippen LogP contribution in [0.3, 0.4) is 0 Å². The molecule has 0 radical (unpaired) electrons. The Kier molecular flexibility index (Phi) is 9.85. The molecule has 5 aromatic rings. The fourth-order valence-corrected chi connectivity index (χ4v) is 4.79. The first-order valence-corrected chi connectivity index (χ1v) is 14.0. The summed E-state index contributed by atoms with van der Waals surface area (Å²) in [5, 5.41) is 27.4. The summed E-state index contributed by atoms with van der Waals surface area (Å²) < 4.78 is 56.4. The molecule has 0 saturated carbocycles. The third-order valence-corrected chi connectivity index (χ3v) is 7.03. The van der Waals surface area contributed by atoms with Crippen molar-refractivity contribution in [2.24, 2.45) is 0 Å². The van der Waals surface area contributed by atoms with Gasteiger partial charge < -0.3 is 10.1 Å². The monoisotopic (exact) mass is 667 g/mol. The van der Waals surface area contributed by atoms with Crippen molar-refractivity contribution < 1.29 is 31.9 Å². The highest BCUT2D eigenvalue weighted by Crippen LogP contribution is 2.24. The fraction of sp³-hybridized carbons (Fsp3) is 0.200. The molecule has 240 valence electrons. The number of alkyl halides is 4. The van der Waals surface area contributed by atoms with Crippen LogP contribution >= 0.6 is 11.6 Å². The molecule has 1 N–H and O–H groups in total. The van der Waals surface area contributed by atoms with Crippen LogP contribution in [0.4, 0.5) is 17.6 Å². The summed E-state index contributed by atoms with van der Waals surface area (Å²) in [6.45, 7) is -1.53. The van der Waals surface area contributed by atoms with Crippen molar-refractivity contribution in [1.29, 1.82) is 5.26 Å². The van der Waals surface area contributed by atoms with E-state index in [0.717, 1.165) is 4.80 Å². The van der Waals surface area contributed by atoms with Gasteiger partial charge in [0.15, 0.2) is 11.6 Å². The number of ketones is 1. The minimum absolute atomic E-state index is 0.00884. The smallest absolute Gasteiger partial charge is 0.387 e. The molecule has 0 aliphatic rings. The highest BCUT2D eigenvalue weighted by atomic mass is 35.5. The third kappa shape index (κ3) is 7.76. The molecule has 0 bridgehead atoms. The van der Waals surface area contributed by atoms with Gasteiger partial charge in [-0.05, 0) is 71.3 Å². The molecule has 0 spiro atoms. The molecule has 47 heavy (non-hydrogen) atoms. The number of pyridine rings is 1. The van der Waals surface area contributed by atoms with Gasteiger partial charge in [-0.2, -0.15) is 23.9 Å². The Morgan fingerprint density at radius 1 is 1.09 bits per heavy atom. The van der Waals surface area contributed by atoms with E-state index in [1.165, 1.54) is 53.3 Å². The number of halogens is 5. The number of nitriles is 1. The minimum atomic E-state index is -2.98. The molecule has 3 heterocycles. The minimum Gasteiger partial charge on any atom is -0.435 e. The largest absolute Gasteiger partial charge is 0.435 e. The van der Waals surface area contributed by atoms with E-state index < -0.39 is 30.6 Å². The molecular formula is C30H22ClF4N9O3. The number of carbonyl (C=O) groups excluding carboxylic acids is 2. The quantitative estimate of drug-likeness (QED) is 0.143. The zero-order chi connectivity index (χ0) is 33.7. The van der Waals surface area contributed by atoms with Crippen molar-refractivity contribution in [3.8, 4) is 17.6 Å². The van der Waals surface area contributed by atoms with E-state index in [4.69, 9.17) is 11.6 Å². The second-order valence-corrected chi connectivity index (χ2v) is 10.4. The molecule has 12 nitrogen and oxygen atoms in total. The summed E-state index contributed by atoms with van der Waals surface area (Å²) in [6.07, 6.45) is -1.80. The van der Waals surface area contributed by atoms with Crippen molar-refractivity contribution in [2.75, 3.05) is 0 Å². The Morgan fingerprint density at radius 2 is 1.85 bits per heavy atom. The second-order valence-electron chi connectivity index (χ2n) is 9.96. The Balaban J connectivity index is 1.44. The van der Waals surface area contributed by atoms with E-state index in [2.05, 4.69) is 35.5 Å². The predicted octanol–water partition coefficient (Wildman–Crippen LogP) is 5.03. The molecule has 0 fully saturated rings. The van der Waals surface area contributed by atoms with Gasteiger partial charge in [-0.25, -0.2) is 18.4 Å². The fourth-order valence-electron chi connectivity index (χ4n) is 4.59. The number of aryl methyl sites for hydroxylation is 1. The number of hydrogen-bond acceptors (Lipinski definition) is 9. The Bertz CT molecular complexity index is 1970. The number of rotatable bonds is 12. The topological polar surface area (TPSA) is 154 Å². The molecule has 0 aliphatic heterocycles. The number of nitrogens with one attached hydrogen (secondary N) is 1. The van der Waals surface area contributed by atoms with Crippen molar-refractivity contribution in [1.82, 2.24) is 40.3 Å². The van der Waals surface area contributed by atoms with Crippen molar-refractivity contribution in [2.45, 2.75) is 39.5 Å². The summed E-state index contributed by atoms with van der Waals surface area (Å²) in [5.41, 5.74) is 1.87. The highest BCUT2D eigenvalue weighted by molar-refractivity contribution is 6.32. The molecule has 0 unspecified atom stereocenters. The molecule has 2 aromatic carbocycles. The molecule has 1 amide bonds. The van der Waals surface area contributed by atoms with Gasteiger partial charge in [0.2, 0.25) is 5.82 Å². The van der Waals surface area contributed by atoms with Crippen LogP contribution in [0, 0.1) is 18.3 Å². The lowest BCUT2D eigenvalue weighted by Gasteiger charge is -2.14. The van der Waals surface area contributed by atoms with E-state index in [1.807, 2.05) is 6.07 Å². The van der Waals surface area contributed by atoms with Crippen LogP contribution in [-0.2, 0) is 19.5 Å². The van der Waals surface area contributed by atoms with Crippen LogP contribution in [0.2, 0.25) is 5.02 Å². The normalized spacial score (nSPS) is 11.1. The van der Waals surface area contributed by atoms with Gasteiger partial charge >= 0.3 is 13.0 Å². The summed E-state index contributed by atoms with van der Waals surface area (Å²) >= 11 is 6.36. The number of carbonyl (C=O) groups is 2. The number of nitrogens with zero attached hydrogens (tertiary/aromatic N) is 8. The number of tetrazole rings is 1. The Hall–Kier alpha value is -5.69. The van der Waals surface area contributed by atoms with Gasteiger partial charge in [0.1, 0.15) is 18.0 Å². The average Bonchev–Trinajstić information content (AvgIpc) is 3.69. The highest BCUT2D eigenvalue weighted by Gasteiger charge is 2.24. The molecule has 0 atom stereocenters. The van der Waals surface area contributed by atoms with E-state index in [0.29, 0.717) is 16.7 Å². The zero-order valence-corrected chi connectivity index (χ0v) is 25.0. The number of aromatic nitrogens is 7. The first-order chi connectivity index (χ1) is 22.5. The summed E-state index contributed by atoms with van der Waals surface area (Å²) in [6, 6.07) is 15.1. The van der Waals surface area contributed by atoms with E-state index in [9.17, 15) is 32.4 Å². The van der Waals surface area contributed by atoms with Crippen LogP contribution in [0.25, 0.3) is 5.82 Å². The summed E-state index contributed by atoms with van der Waals surface area (Å²) in [5.74, 6) is -1.80. The van der Waals surface area contributed by atoms with Crippen LogP contribution in [-0.4, -0.2) is 53.3 Å². The van der Waals surface area contributed by atoms with Crippen LogP contribution in [0.15, 0.2) is 60.8 Å². The lowest BCUT2D eigenvalue weighted by atomic mass is 9.93. The van der Waals surface area contributed by atoms with Gasteiger partial charge in [-0.3, -0.25) is 9.59 Å². The van der Waals surface area contributed by atoms with Crippen molar-refractivity contribution in [3.05, 3.63) is 111 Å². The maximum atomic E-state index is 13.9. The van der Waals surface area contributed by atoms with Gasteiger partial charge in [0.25, 0.3) is 5.91 Å². The predicted molar refractivity (Wildman–Crippen MR) is 156 cm³/mol. The molecule has 17 heteroatoms. The third-order valence-electron chi connectivity index (χ3n) is 6.74. The Morgan fingerprint density at radius 3 is 2.51 bits per heavy atom. The second kappa shape index (κ2) is 14.2.